The van der Waals surface area contributed by atoms with E-state index in [4.69, 9.17) is 14.6 Å². The molecule has 1 saturated heterocycles. The predicted octanol–water partition coefficient (Wildman–Crippen LogP) is 2.47. The lowest BCUT2D eigenvalue weighted by molar-refractivity contribution is -0.147. The molecule has 0 unspecified atom stereocenters. The van der Waals surface area contributed by atoms with Crippen LogP contribution in [0, 0.1) is 0 Å². The Labute approximate surface area is 168 Å². The minimum absolute atomic E-state index is 0.0455. The summed E-state index contributed by atoms with van der Waals surface area (Å²) in [6.45, 7) is 0.198. The Kier molecular flexibility index (Phi) is 5.51. The molecule has 1 heterocycles. The zero-order chi connectivity index (χ0) is 20.4. The first kappa shape index (κ1) is 19.4. The Bertz CT molecular complexity index is 868. The molecule has 4 rings (SSSR count). The molecule has 2 aromatic carbocycles. The van der Waals surface area contributed by atoms with E-state index in [1.807, 2.05) is 36.4 Å². The topological polar surface area (TPSA) is 96.3 Å². The number of aliphatic carboxylic acids is 1. The zero-order valence-corrected chi connectivity index (χ0v) is 15.9. The van der Waals surface area contributed by atoms with Gasteiger partial charge in [0.05, 0.1) is 38.3 Å². The number of ether oxygens (including phenoxy) is 2. The Morgan fingerprint density at radius 2 is 1.59 bits per heavy atom. The van der Waals surface area contributed by atoms with Crippen molar-refractivity contribution in [3.63, 3.8) is 0 Å². The lowest BCUT2D eigenvalue weighted by atomic mass is 9.98. The lowest BCUT2D eigenvalue weighted by Gasteiger charge is -2.36. The van der Waals surface area contributed by atoms with Crippen molar-refractivity contribution in [1.29, 1.82) is 0 Å². The summed E-state index contributed by atoms with van der Waals surface area (Å²) >= 11 is 0. The number of aliphatic hydroxyl groups is 1. The van der Waals surface area contributed by atoms with Gasteiger partial charge in [-0.2, -0.15) is 0 Å². The van der Waals surface area contributed by atoms with Crippen LogP contribution in [0.1, 0.15) is 23.5 Å². The minimum atomic E-state index is -1.01. The van der Waals surface area contributed by atoms with E-state index in [-0.39, 0.29) is 38.6 Å². The van der Waals surface area contributed by atoms with Crippen molar-refractivity contribution >= 4 is 12.1 Å². The molecule has 0 bridgehead atoms. The van der Waals surface area contributed by atoms with Gasteiger partial charge in [0, 0.05) is 5.92 Å². The van der Waals surface area contributed by atoms with Crippen molar-refractivity contribution in [2.45, 2.75) is 24.5 Å². The molecule has 2 N–H and O–H groups in total. The average Bonchev–Trinajstić information content (AvgIpc) is 3.05. The largest absolute Gasteiger partial charge is 0.481 e. The Morgan fingerprint density at radius 3 is 2.17 bits per heavy atom. The van der Waals surface area contributed by atoms with Gasteiger partial charge in [-0.15, -0.1) is 0 Å². The minimum Gasteiger partial charge on any atom is -0.481 e. The van der Waals surface area contributed by atoms with Crippen LogP contribution >= 0.6 is 0 Å². The van der Waals surface area contributed by atoms with Crippen molar-refractivity contribution in [2.75, 3.05) is 26.3 Å². The number of nitrogens with zero attached hydrogens (tertiary/aromatic N) is 1. The second-order valence-electron chi connectivity index (χ2n) is 7.37. The number of carbonyl (C=O) groups excluding carboxylic acids is 1. The van der Waals surface area contributed by atoms with Crippen molar-refractivity contribution in [3.8, 4) is 11.1 Å². The monoisotopic (exact) mass is 397 g/mol. The summed E-state index contributed by atoms with van der Waals surface area (Å²) in [5.74, 6) is -1.06. The third-order valence-corrected chi connectivity index (χ3v) is 5.43. The highest BCUT2D eigenvalue weighted by molar-refractivity contribution is 5.79. The standard InChI is InChI=1S/C22H23NO6/c24-12-15-11-23(10-14(29-15)9-21(25)26)22(27)28-13-20-18-7-3-1-5-16(18)17-6-2-4-8-19(17)20/h1-8,14-15,20,24H,9-13H2,(H,25,26)/t14-,15-/m0/s1. The fraction of sp³-hybridized carbons (Fsp3) is 0.364. The molecule has 2 aliphatic rings. The second-order valence-corrected chi connectivity index (χ2v) is 7.37. The maximum Gasteiger partial charge on any atom is 0.409 e. The summed E-state index contributed by atoms with van der Waals surface area (Å²) in [6, 6.07) is 16.2. The lowest BCUT2D eigenvalue weighted by Crippen LogP contribution is -2.52. The van der Waals surface area contributed by atoms with Gasteiger partial charge in [-0.3, -0.25) is 4.79 Å². The summed E-state index contributed by atoms with van der Waals surface area (Å²) < 4.78 is 11.1. The third kappa shape index (κ3) is 3.97. The molecule has 1 aliphatic heterocycles. The molecule has 0 spiro atoms. The van der Waals surface area contributed by atoms with Crippen LogP contribution in [-0.2, 0) is 14.3 Å². The number of aliphatic hydroxyl groups excluding tert-OH is 1. The molecule has 7 nitrogen and oxygen atoms in total. The number of hydrogen-bond donors (Lipinski definition) is 2. The number of amides is 1. The van der Waals surface area contributed by atoms with Gasteiger partial charge in [0.15, 0.2) is 0 Å². The van der Waals surface area contributed by atoms with Gasteiger partial charge in [0.2, 0.25) is 0 Å². The zero-order valence-electron chi connectivity index (χ0n) is 15.9. The Hall–Kier alpha value is -2.90. The van der Waals surface area contributed by atoms with Crippen molar-refractivity contribution < 1.29 is 29.3 Å². The number of hydrogen-bond acceptors (Lipinski definition) is 5. The van der Waals surface area contributed by atoms with Gasteiger partial charge in [-0.1, -0.05) is 48.5 Å². The maximum absolute atomic E-state index is 12.7. The molecule has 0 aromatic heterocycles. The highest BCUT2D eigenvalue weighted by Gasteiger charge is 2.34. The number of carbonyl (C=O) groups is 2. The smallest absolute Gasteiger partial charge is 0.409 e. The van der Waals surface area contributed by atoms with Crippen molar-refractivity contribution in [3.05, 3.63) is 59.7 Å². The fourth-order valence-corrected chi connectivity index (χ4v) is 4.17. The second kappa shape index (κ2) is 8.23. The van der Waals surface area contributed by atoms with Gasteiger partial charge in [0.1, 0.15) is 6.61 Å². The van der Waals surface area contributed by atoms with Crippen LogP contribution in [0.5, 0.6) is 0 Å². The number of carboxylic acid groups (broad SMARTS) is 1. The predicted molar refractivity (Wildman–Crippen MR) is 105 cm³/mol. The molecule has 1 fully saturated rings. The van der Waals surface area contributed by atoms with Crippen molar-refractivity contribution in [1.82, 2.24) is 4.90 Å². The first-order chi connectivity index (χ1) is 14.1. The first-order valence-corrected chi connectivity index (χ1v) is 9.65. The molecule has 2 aromatic rings. The van der Waals surface area contributed by atoms with Gasteiger partial charge in [0.25, 0.3) is 0 Å². The summed E-state index contributed by atoms with van der Waals surface area (Å²) in [5.41, 5.74) is 4.55. The number of fused-ring (bicyclic) bond motifs is 3. The molecular weight excluding hydrogens is 374 g/mol. The molecular formula is C22H23NO6. The normalized spacial score (nSPS) is 20.8. The quantitative estimate of drug-likeness (QED) is 0.805. The van der Waals surface area contributed by atoms with Crippen LogP contribution in [0.3, 0.4) is 0 Å². The molecule has 7 heteroatoms. The number of carboxylic acids is 1. The summed E-state index contributed by atoms with van der Waals surface area (Å²) in [7, 11) is 0. The van der Waals surface area contributed by atoms with E-state index in [2.05, 4.69) is 12.1 Å². The number of benzene rings is 2. The molecule has 1 amide bonds. The molecule has 0 saturated carbocycles. The molecule has 0 radical (unpaired) electrons. The van der Waals surface area contributed by atoms with Crippen LogP contribution in [0.25, 0.3) is 11.1 Å². The van der Waals surface area contributed by atoms with Crippen LogP contribution in [-0.4, -0.2) is 65.7 Å². The molecule has 2 atom stereocenters. The van der Waals surface area contributed by atoms with Crippen LogP contribution in [0.15, 0.2) is 48.5 Å². The Balaban J connectivity index is 1.46. The van der Waals surface area contributed by atoms with E-state index in [0.717, 1.165) is 22.3 Å². The van der Waals surface area contributed by atoms with Crippen LogP contribution in [0.4, 0.5) is 4.79 Å². The summed E-state index contributed by atoms with van der Waals surface area (Å²) in [5, 5.41) is 18.4. The van der Waals surface area contributed by atoms with Gasteiger partial charge in [-0.05, 0) is 22.3 Å². The van der Waals surface area contributed by atoms with E-state index < -0.39 is 24.3 Å². The fourth-order valence-electron chi connectivity index (χ4n) is 4.17. The number of morpholine rings is 1. The van der Waals surface area contributed by atoms with E-state index in [9.17, 15) is 14.7 Å². The molecule has 1 aliphatic carbocycles. The van der Waals surface area contributed by atoms with Gasteiger partial charge in [-0.25, -0.2) is 4.79 Å². The van der Waals surface area contributed by atoms with E-state index in [0.29, 0.717) is 0 Å². The maximum atomic E-state index is 12.7. The van der Waals surface area contributed by atoms with E-state index >= 15 is 0 Å². The van der Waals surface area contributed by atoms with Crippen molar-refractivity contribution in [2.24, 2.45) is 0 Å². The Morgan fingerprint density at radius 1 is 1.00 bits per heavy atom. The first-order valence-electron chi connectivity index (χ1n) is 9.65. The highest BCUT2D eigenvalue weighted by Crippen LogP contribution is 2.44. The average molecular weight is 397 g/mol. The van der Waals surface area contributed by atoms with Crippen LogP contribution < -0.4 is 0 Å². The molecule has 152 valence electrons. The van der Waals surface area contributed by atoms with E-state index in [1.165, 1.54) is 4.90 Å². The van der Waals surface area contributed by atoms with Gasteiger partial charge < -0.3 is 24.6 Å². The van der Waals surface area contributed by atoms with Gasteiger partial charge >= 0.3 is 12.1 Å². The van der Waals surface area contributed by atoms with Crippen LogP contribution in [0.2, 0.25) is 0 Å². The molecule has 29 heavy (non-hydrogen) atoms. The number of rotatable bonds is 5. The SMILES string of the molecule is O=C(O)C[C@H]1CN(C(=O)OCC2c3ccccc3-c3ccccc32)C[C@@H](CO)O1. The highest BCUT2D eigenvalue weighted by atomic mass is 16.6. The summed E-state index contributed by atoms with van der Waals surface area (Å²) in [6.07, 6.45) is -2.04. The van der Waals surface area contributed by atoms with E-state index in [1.54, 1.807) is 0 Å². The summed E-state index contributed by atoms with van der Waals surface area (Å²) in [4.78, 5) is 25.1. The third-order valence-electron chi connectivity index (χ3n) is 5.43.